The zero-order chi connectivity index (χ0) is 17.4. The van der Waals surface area contributed by atoms with Gasteiger partial charge in [0.15, 0.2) is 0 Å². The van der Waals surface area contributed by atoms with Crippen LogP contribution in [0.15, 0.2) is 60.3 Å². The largest absolute Gasteiger partial charge is 0.497 e. The predicted molar refractivity (Wildman–Crippen MR) is 91.9 cm³/mol. The van der Waals surface area contributed by atoms with Gasteiger partial charge < -0.3 is 20.1 Å². The summed E-state index contributed by atoms with van der Waals surface area (Å²) in [5.74, 6) is 0.858. The van der Waals surface area contributed by atoms with Crippen molar-refractivity contribution in [2.45, 2.75) is 0 Å². The summed E-state index contributed by atoms with van der Waals surface area (Å²) in [6, 6.07) is 15.9. The number of anilines is 2. The Labute approximate surface area is 140 Å². The second kappa shape index (κ2) is 8.25. The standard InChI is InChI=1S/C18H17N3O3/c1-23-16-8-6-14(7-9-16)21-18(22)13(11-19)12-20-15-4-3-5-17(10-15)24-2/h3-10,12,20H,1-2H3,(H,21,22)/b13-12-. The molecule has 2 aromatic rings. The molecule has 0 saturated carbocycles. The van der Waals surface area contributed by atoms with E-state index in [0.29, 0.717) is 22.9 Å². The highest BCUT2D eigenvalue weighted by molar-refractivity contribution is 6.06. The van der Waals surface area contributed by atoms with Crippen LogP contribution in [0.3, 0.4) is 0 Å². The highest BCUT2D eigenvalue weighted by Crippen LogP contribution is 2.18. The van der Waals surface area contributed by atoms with Crippen molar-refractivity contribution in [2.75, 3.05) is 24.9 Å². The first-order valence-corrected chi connectivity index (χ1v) is 7.12. The van der Waals surface area contributed by atoms with Crippen molar-refractivity contribution in [1.29, 1.82) is 5.26 Å². The summed E-state index contributed by atoms with van der Waals surface area (Å²) in [4.78, 5) is 12.1. The van der Waals surface area contributed by atoms with Crippen LogP contribution in [0.25, 0.3) is 0 Å². The number of ether oxygens (including phenoxy) is 2. The molecule has 6 nitrogen and oxygen atoms in total. The molecule has 0 radical (unpaired) electrons. The normalized spacial score (nSPS) is 10.5. The van der Waals surface area contributed by atoms with Gasteiger partial charge in [0.05, 0.1) is 14.2 Å². The van der Waals surface area contributed by atoms with Gasteiger partial charge in [-0.2, -0.15) is 5.26 Å². The molecule has 2 aromatic carbocycles. The average molecular weight is 323 g/mol. The van der Waals surface area contributed by atoms with Crippen LogP contribution in [0.5, 0.6) is 11.5 Å². The SMILES string of the molecule is COc1ccc(NC(=O)/C(C#N)=C\Nc2cccc(OC)c2)cc1. The maximum Gasteiger partial charge on any atom is 0.267 e. The first-order valence-electron chi connectivity index (χ1n) is 7.12. The van der Waals surface area contributed by atoms with Crippen molar-refractivity contribution in [3.8, 4) is 17.6 Å². The summed E-state index contributed by atoms with van der Waals surface area (Å²) >= 11 is 0. The number of amides is 1. The molecule has 0 aliphatic rings. The lowest BCUT2D eigenvalue weighted by molar-refractivity contribution is -0.112. The second-order valence-electron chi connectivity index (χ2n) is 4.73. The number of benzene rings is 2. The van der Waals surface area contributed by atoms with Crippen LogP contribution < -0.4 is 20.1 Å². The van der Waals surface area contributed by atoms with Gasteiger partial charge in [-0.1, -0.05) is 6.07 Å². The zero-order valence-corrected chi connectivity index (χ0v) is 13.4. The van der Waals surface area contributed by atoms with Gasteiger partial charge in [-0.3, -0.25) is 4.79 Å². The number of nitrogens with one attached hydrogen (secondary N) is 2. The molecule has 2 N–H and O–H groups in total. The van der Waals surface area contributed by atoms with Crippen LogP contribution in [-0.4, -0.2) is 20.1 Å². The maximum atomic E-state index is 12.1. The van der Waals surface area contributed by atoms with Crippen molar-refractivity contribution in [3.63, 3.8) is 0 Å². The van der Waals surface area contributed by atoms with Crippen LogP contribution in [0.1, 0.15) is 0 Å². The number of rotatable bonds is 6. The lowest BCUT2D eigenvalue weighted by atomic mass is 10.2. The Morgan fingerprint density at radius 3 is 2.38 bits per heavy atom. The Kier molecular flexibility index (Phi) is 5.81. The molecule has 0 heterocycles. The Hall–Kier alpha value is -3.46. The average Bonchev–Trinajstić information content (AvgIpc) is 2.63. The molecule has 0 unspecified atom stereocenters. The number of methoxy groups -OCH3 is 2. The van der Waals surface area contributed by atoms with E-state index in [0.717, 1.165) is 0 Å². The van der Waals surface area contributed by atoms with E-state index in [-0.39, 0.29) is 5.57 Å². The number of nitrogens with zero attached hydrogens (tertiary/aromatic N) is 1. The Morgan fingerprint density at radius 1 is 1.04 bits per heavy atom. The fourth-order valence-electron chi connectivity index (χ4n) is 1.89. The molecule has 24 heavy (non-hydrogen) atoms. The van der Waals surface area contributed by atoms with E-state index in [1.165, 1.54) is 6.20 Å². The minimum Gasteiger partial charge on any atom is -0.497 e. The van der Waals surface area contributed by atoms with Gasteiger partial charge in [0.2, 0.25) is 0 Å². The molecule has 0 bridgehead atoms. The maximum absolute atomic E-state index is 12.1. The summed E-state index contributed by atoms with van der Waals surface area (Å²) in [5.41, 5.74) is 1.23. The van der Waals surface area contributed by atoms with Crippen LogP contribution in [0.2, 0.25) is 0 Å². The Bertz CT molecular complexity index is 777. The van der Waals surface area contributed by atoms with Crippen LogP contribution in [0.4, 0.5) is 11.4 Å². The van der Waals surface area contributed by atoms with Crippen molar-refractivity contribution in [3.05, 3.63) is 60.3 Å². The smallest absolute Gasteiger partial charge is 0.267 e. The lowest BCUT2D eigenvalue weighted by Crippen LogP contribution is -2.14. The van der Waals surface area contributed by atoms with E-state index in [1.807, 2.05) is 6.07 Å². The van der Waals surface area contributed by atoms with E-state index in [4.69, 9.17) is 9.47 Å². The quantitative estimate of drug-likeness (QED) is 0.630. The van der Waals surface area contributed by atoms with Crippen LogP contribution >= 0.6 is 0 Å². The summed E-state index contributed by atoms with van der Waals surface area (Å²) in [6.45, 7) is 0. The molecule has 0 aliphatic carbocycles. The molecule has 2 rings (SSSR count). The highest BCUT2D eigenvalue weighted by atomic mass is 16.5. The monoisotopic (exact) mass is 323 g/mol. The van der Waals surface area contributed by atoms with Crippen molar-refractivity contribution < 1.29 is 14.3 Å². The van der Waals surface area contributed by atoms with Gasteiger partial charge in [-0.15, -0.1) is 0 Å². The van der Waals surface area contributed by atoms with E-state index in [1.54, 1.807) is 62.8 Å². The second-order valence-corrected chi connectivity index (χ2v) is 4.73. The third kappa shape index (κ3) is 4.52. The van der Waals surface area contributed by atoms with Gasteiger partial charge in [0.1, 0.15) is 23.1 Å². The molecular weight excluding hydrogens is 306 g/mol. The van der Waals surface area contributed by atoms with Crippen molar-refractivity contribution >= 4 is 17.3 Å². The van der Waals surface area contributed by atoms with Gasteiger partial charge in [0, 0.05) is 23.6 Å². The Balaban J connectivity index is 2.05. The molecule has 6 heteroatoms. The number of hydrogen-bond donors (Lipinski definition) is 2. The molecule has 0 aromatic heterocycles. The van der Waals surface area contributed by atoms with Gasteiger partial charge >= 0.3 is 0 Å². The number of nitriles is 1. The molecule has 0 fully saturated rings. The fourth-order valence-corrected chi connectivity index (χ4v) is 1.89. The fraction of sp³-hybridized carbons (Fsp3) is 0.111. The minimum atomic E-state index is -0.502. The van der Waals surface area contributed by atoms with Gasteiger partial charge in [-0.25, -0.2) is 0 Å². The van der Waals surface area contributed by atoms with Crippen molar-refractivity contribution in [2.24, 2.45) is 0 Å². The molecule has 0 aliphatic heterocycles. The predicted octanol–water partition coefficient (Wildman–Crippen LogP) is 3.16. The number of hydrogen-bond acceptors (Lipinski definition) is 5. The molecule has 0 spiro atoms. The van der Waals surface area contributed by atoms with E-state index in [9.17, 15) is 10.1 Å². The first kappa shape index (κ1) is 16.9. The van der Waals surface area contributed by atoms with E-state index < -0.39 is 5.91 Å². The molecule has 0 atom stereocenters. The molecule has 0 saturated heterocycles. The molecular formula is C18H17N3O3. The lowest BCUT2D eigenvalue weighted by Gasteiger charge is -2.07. The number of carbonyl (C=O) groups is 1. The summed E-state index contributed by atoms with van der Waals surface area (Å²) in [7, 11) is 3.13. The third-order valence-corrected chi connectivity index (χ3v) is 3.17. The summed E-state index contributed by atoms with van der Waals surface area (Å²) < 4.78 is 10.2. The molecule has 122 valence electrons. The third-order valence-electron chi connectivity index (χ3n) is 3.17. The summed E-state index contributed by atoms with van der Waals surface area (Å²) in [5, 5.41) is 14.7. The zero-order valence-electron chi connectivity index (χ0n) is 13.4. The summed E-state index contributed by atoms with van der Waals surface area (Å²) in [6.07, 6.45) is 1.35. The first-order chi connectivity index (χ1) is 11.7. The van der Waals surface area contributed by atoms with E-state index >= 15 is 0 Å². The minimum absolute atomic E-state index is 0.0476. The topological polar surface area (TPSA) is 83.4 Å². The number of carbonyl (C=O) groups excluding carboxylic acids is 1. The van der Waals surface area contributed by atoms with Gasteiger partial charge in [-0.05, 0) is 36.4 Å². The van der Waals surface area contributed by atoms with Gasteiger partial charge in [0.25, 0.3) is 5.91 Å². The van der Waals surface area contributed by atoms with Crippen LogP contribution in [0, 0.1) is 11.3 Å². The van der Waals surface area contributed by atoms with Crippen LogP contribution in [-0.2, 0) is 4.79 Å². The Morgan fingerprint density at radius 2 is 1.75 bits per heavy atom. The van der Waals surface area contributed by atoms with E-state index in [2.05, 4.69) is 10.6 Å². The molecule has 1 amide bonds. The van der Waals surface area contributed by atoms with Crippen molar-refractivity contribution in [1.82, 2.24) is 0 Å². The highest BCUT2D eigenvalue weighted by Gasteiger charge is 2.09.